The Kier molecular flexibility index (Phi) is 8.11. The van der Waals surface area contributed by atoms with Gasteiger partial charge in [-0.25, -0.2) is 4.68 Å². The van der Waals surface area contributed by atoms with Crippen molar-refractivity contribution < 1.29 is 27.9 Å². The molecule has 11 heteroatoms. The predicted molar refractivity (Wildman–Crippen MR) is 150 cm³/mol. The van der Waals surface area contributed by atoms with Crippen molar-refractivity contribution in [3.8, 4) is 16.9 Å². The van der Waals surface area contributed by atoms with Gasteiger partial charge in [-0.05, 0) is 54.7 Å². The second kappa shape index (κ2) is 11.6. The highest BCUT2D eigenvalue weighted by Crippen LogP contribution is 2.36. The molecule has 0 radical (unpaired) electrons. The van der Waals surface area contributed by atoms with Crippen molar-refractivity contribution in [1.29, 1.82) is 0 Å². The Hall–Kier alpha value is -3.82. The van der Waals surface area contributed by atoms with E-state index in [-0.39, 0.29) is 30.3 Å². The molecule has 0 atom stereocenters. The van der Waals surface area contributed by atoms with Gasteiger partial charge in [0.1, 0.15) is 0 Å². The molecule has 0 bridgehead atoms. The maximum absolute atomic E-state index is 13.9. The Balaban J connectivity index is 1.50. The van der Waals surface area contributed by atoms with E-state index in [0.717, 1.165) is 12.1 Å². The molecular formula is C30H24Cl2F3N3O3. The van der Waals surface area contributed by atoms with E-state index in [0.29, 0.717) is 45.4 Å². The molecule has 0 unspecified atom stereocenters. The third kappa shape index (κ3) is 6.11. The predicted octanol–water partition coefficient (Wildman–Crippen LogP) is 7.51. The van der Waals surface area contributed by atoms with Crippen LogP contribution in [0.5, 0.6) is 0 Å². The summed E-state index contributed by atoms with van der Waals surface area (Å²) in [6, 6.07) is 18.9. The first-order valence-corrected chi connectivity index (χ1v) is 13.6. The summed E-state index contributed by atoms with van der Waals surface area (Å²) in [7, 11) is 0. The van der Waals surface area contributed by atoms with E-state index in [1.54, 1.807) is 59.5 Å². The van der Waals surface area contributed by atoms with E-state index in [4.69, 9.17) is 23.2 Å². The molecule has 1 fully saturated rings. The number of carboxylic acid groups (broad SMARTS) is 1. The van der Waals surface area contributed by atoms with Crippen LogP contribution in [0.15, 0.2) is 72.8 Å². The molecule has 1 N–H and O–H groups in total. The number of aromatic nitrogens is 2. The zero-order valence-electron chi connectivity index (χ0n) is 21.5. The highest BCUT2D eigenvalue weighted by atomic mass is 35.5. The van der Waals surface area contributed by atoms with Crippen LogP contribution in [0.2, 0.25) is 10.0 Å². The molecule has 1 aromatic heterocycles. The maximum atomic E-state index is 13.9. The fourth-order valence-electron chi connectivity index (χ4n) is 5.18. The number of hydrogen-bond donors (Lipinski definition) is 1. The van der Waals surface area contributed by atoms with E-state index in [1.165, 1.54) is 10.7 Å². The highest BCUT2D eigenvalue weighted by molar-refractivity contribution is 6.32. The van der Waals surface area contributed by atoms with Crippen LogP contribution >= 0.6 is 23.2 Å². The number of alkyl halides is 3. The normalized spacial score (nSPS) is 14.3. The van der Waals surface area contributed by atoms with Gasteiger partial charge in [-0.1, -0.05) is 65.7 Å². The number of amides is 1. The minimum atomic E-state index is -4.44. The molecule has 41 heavy (non-hydrogen) atoms. The highest BCUT2D eigenvalue weighted by Gasteiger charge is 2.34. The zero-order valence-corrected chi connectivity index (χ0v) is 23.0. The summed E-state index contributed by atoms with van der Waals surface area (Å²) in [5.74, 6) is -1.74. The number of para-hydroxylation sites is 1. The first-order valence-electron chi connectivity index (χ1n) is 12.8. The Morgan fingerprint density at radius 3 is 2.27 bits per heavy atom. The first-order chi connectivity index (χ1) is 19.5. The van der Waals surface area contributed by atoms with Gasteiger partial charge >= 0.3 is 12.1 Å². The fraction of sp³-hybridized carbons (Fsp3) is 0.233. The Labute approximate surface area is 243 Å². The molecule has 1 aliphatic rings. The molecule has 1 amide bonds. The van der Waals surface area contributed by atoms with Gasteiger partial charge in [0.25, 0.3) is 5.91 Å². The second-order valence-corrected chi connectivity index (χ2v) is 10.6. The Morgan fingerprint density at radius 2 is 1.63 bits per heavy atom. The molecule has 0 spiro atoms. The van der Waals surface area contributed by atoms with Crippen molar-refractivity contribution in [3.63, 3.8) is 0 Å². The van der Waals surface area contributed by atoms with Crippen LogP contribution in [-0.2, 0) is 17.4 Å². The lowest BCUT2D eigenvalue weighted by molar-refractivity contribution is -0.138. The lowest BCUT2D eigenvalue weighted by atomic mass is 9.88. The number of carboxylic acids is 1. The minimum Gasteiger partial charge on any atom is -0.481 e. The van der Waals surface area contributed by atoms with Crippen LogP contribution in [0, 0.1) is 0 Å². The van der Waals surface area contributed by atoms with Crippen molar-refractivity contribution in [1.82, 2.24) is 14.7 Å². The van der Waals surface area contributed by atoms with E-state index >= 15 is 0 Å². The first kappa shape index (κ1) is 28.7. The topological polar surface area (TPSA) is 75.4 Å². The molecule has 4 aromatic rings. The SMILES string of the molecule is O=C(O)Cc1c(C(=O)N2CCC(c3cccc(C(F)(F)F)c3)CC2)nn(-c2ccccc2Cl)c1-c1ccc(Cl)cc1. The number of carbonyl (C=O) groups is 2. The van der Waals surface area contributed by atoms with Crippen molar-refractivity contribution >= 4 is 35.1 Å². The third-order valence-corrected chi connectivity index (χ3v) is 7.75. The summed E-state index contributed by atoms with van der Waals surface area (Å²) in [5, 5.41) is 15.2. The molecule has 1 saturated heterocycles. The van der Waals surface area contributed by atoms with Gasteiger partial charge in [0, 0.05) is 29.2 Å². The molecule has 0 aliphatic carbocycles. The standard InChI is InChI=1S/C30H24Cl2F3N3O3/c31-22-10-8-19(9-11-22)28-23(17-26(39)40)27(36-38(28)25-7-2-1-6-24(25)32)29(41)37-14-12-18(13-15-37)20-4-3-5-21(16-20)30(33,34)35/h1-11,16,18H,12-15,17H2,(H,39,40). The monoisotopic (exact) mass is 601 g/mol. The van der Waals surface area contributed by atoms with Crippen molar-refractivity contribution in [2.24, 2.45) is 0 Å². The van der Waals surface area contributed by atoms with Crippen LogP contribution < -0.4 is 0 Å². The molecule has 212 valence electrons. The summed E-state index contributed by atoms with van der Waals surface area (Å²) in [6.07, 6.45) is -3.99. The average molecular weight is 602 g/mol. The molecule has 6 nitrogen and oxygen atoms in total. The number of aliphatic carboxylic acids is 1. The molecule has 3 aromatic carbocycles. The number of likely N-dealkylation sites (tertiary alicyclic amines) is 1. The van der Waals surface area contributed by atoms with Crippen molar-refractivity contribution in [2.75, 3.05) is 13.1 Å². The minimum absolute atomic E-state index is 0.0187. The average Bonchev–Trinajstić information content (AvgIpc) is 3.31. The summed E-state index contributed by atoms with van der Waals surface area (Å²) < 4.78 is 41.2. The van der Waals surface area contributed by atoms with Crippen LogP contribution in [0.4, 0.5) is 13.2 Å². The van der Waals surface area contributed by atoms with Gasteiger partial charge in [-0.2, -0.15) is 18.3 Å². The number of nitrogens with zero attached hydrogens (tertiary/aromatic N) is 3. The van der Waals surface area contributed by atoms with Crippen molar-refractivity contribution in [3.05, 3.63) is 105 Å². The molecule has 0 saturated carbocycles. The summed E-state index contributed by atoms with van der Waals surface area (Å²) >= 11 is 12.6. The number of halogens is 5. The molecule has 2 heterocycles. The fourth-order valence-corrected chi connectivity index (χ4v) is 5.52. The summed E-state index contributed by atoms with van der Waals surface area (Å²) in [6.45, 7) is 0.559. The lowest BCUT2D eigenvalue weighted by Crippen LogP contribution is -2.38. The van der Waals surface area contributed by atoms with Crippen LogP contribution in [-0.4, -0.2) is 44.8 Å². The number of benzene rings is 3. The largest absolute Gasteiger partial charge is 0.481 e. The van der Waals surface area contributed by atoms with Crippen LogP contribution in [0.25, 0.3) is 16.9 Å². The smallest absolute Gasteiger partial charge is 0.416 e. The van der Waals surface area contributed by atoms with E-state index < -0.39 is 30.0 Å². The Morgan fingerprint density at radius 1 is 0.951 bits per heavy atom. The van der Waals surface area contributed by atoms with Gasteiger partial charge in [0.05, 0.1) is 28.4 Å². The van der Waals surface area contributed by atoms with Crippen molar-refractivity contribution in [2.45, 2.75) is 31.4 Å². The van der Waals surface area contributed by atoms with Gasteiger partial charge in [-0.15, -0.1) is 0 Å². The van der Waals surface area contributed by atoms with E-state index in [2.05, 4.69) is 5.10 Å². The summed E-state index contributed by atoms with van der Waals surface area (Å²) in [5.41, 5.74) is 1.55. The zero-order chi connectivity index (χ0) is 29.3. The van der Waals surface area contributed by atoms with Gasteiger partial charge < -0.3 is 10.0 Å². The molecule has 5 rings (SSSR count). The maximum Gasteiger partial charge on any atom is 0.416 e. The summed E-state index contributed by atoms with van der Waals surface area (Å²) in [4.78, 5) is 27.4. The number of rotatable bonds is 6. The third-order valence-electron chi connectivity index (χ3n) is 7.18. The van der Waals surface area contributed by atoms with Crippen LogP contribution in [0.1, 0.15) is 45.9 Å². The quantitative estimate of drug-likeness (QED) is 0.248. The number of hydrogen-bond acceptors (Lipinski definition) is 3. The van der Waals surface area contributed by atoms with Gasteiger partial charge in [0.2, 0.25) is 0 Å². The molecule has 1 aliphatic heterocycles. The number of carbonyl (C=O) groups excluding carboxylic acids is 1. The Bertz CT molecular complexity index is 1590. The van der Waals surface area contributed by atoms with Gasteiger partial charge in [0.15, 0.2) is 5.69 Å². The lowest BCUT2D eigenvalue weighted by Gasteiger charge is -2.32. The molecular weight excluding hydrogens is 578 g/mol. The van der Waals surface area contributed by atoms with E-state index in [1.807, 2.05) is 0 Å². The van der Waals surface area contributed by atoms with Crippen LogP contribution in [0.3, 0.4) is 0 Å². The number of piperidine rings is 1. The van der Waals surface area contributed by atoms with Gasteiger partial charge in [-0.3, -0.25) is 9.59 Å². The second-order valence-electron chi connectivity index (χ2n) is 9.81. The van der Waals surface area contributed by atoms with E-state index in [9.17, 15) is 27.9 Å².